The average Bonchev–Trinajstić information content (AvgIpc) is 2.85. The van der Waals surface area contributed by atoms with Crippen LogP contribution in [0.15, 0.2) is 39.9 Å². The van der Waals surface area contributed by atoms with Crippen molar-refractivity contribution >= 4 is 11.1 Å². The molecule has 6 heteroatoms. The molecule has 0 N–H and O–H groups in total. The smallest absolute Gasteiger partial charge is 0.266 e. The van der Waals surface area contributed by atoms with Crippen LogP contribution in [0, 0.1) is 6.92 Å². The van der Waals surface area contributed by atoms with Gasteiger partial charge in [0, 0.05) is 0 Å². The van der Waals surface area contributed by atoms with E-state index in [-0.39, 0.29) is 11.3 Å². The minimum absolute atomic E-state index is 0.149. The number of benzene rings is 1. The van der Waals surface area contributed by atoms with Crippen LogP contribution in [0.25, 0.3) is 11.1 Å². The Bertz CT molecular complexity index is 803. The third-order valence-electron chi connectivity index (χ3n) is 3.15. The zero-order valence-corrected chi connectivity index (χ0v) is 11.2. The average molecular weight is 271 g/mol. The molecule has 102 valence electrons. The summed E-state index contributed by atoms with van der Waals surface area (Å²) in [4.78, 5) is 16.4. The van der Waals surface area contributed by atoms with Crippen LogP contribution in [-0.4, -0.2) is 21.8 Å². The first-order chi connectivity index (χ1) is 9.69. The van der Waals surface area contributed by atoms with Crippen molar-refractivity contribution in [3.05, 3.63) is 52.2 Å². The first-order valence-electron chi connectivity index (χ1n) is 6.13. The normalized spacial score (nSPS) is 10.9. The summed E-state index contributed by atoms with van der Waals surface area (Å²) in [6.45, 7) is 2.17. The molecule has 2 heterocycles. The van der Waals surface area contributed by atoms with E-state index in [9.17, 15) is 4.79 Å². The summed E-state index contributed by atoms with van der Waals surface area (Å²) in [6.07, 6.45) is 1.47. The van der Waals surface area contributed by atoms with Crippen molar-refractivity contribution in [3.63, 3.8) is 0 Å². The van der Waals surface area contributed by atoms with Gasteiger partial charge < -0.3 is 9.26 Å². The molecule has 2 aromatic heterocycles. The fourth-order valence-corrected chi connectivity index (χ4v) is 2.05. The van der Waals surface area contributed by atoms with E-state index in [0.29, 0.717) is 17.6 Å². The van der Waals surface area contributed by atoms with Crippen LogP contribution in [0.1, 0.15) is 11.3 Å². The summed E-state index contributed by atoms with van der Waals surface area (Å²) < 4.78 is 11.6. The first-order valence-corrected chi connectivity index (χ1v) is 6.13. The first kappa shape index (κ1) is 12.4. The Hall–Kier alpha value is -2.63. The van der Waals surface area contributed by atoms with Gasteiger partial charge in [-0.2, -0.15) is 0 Å². The Morgan fingerprint density at radius 3 is 2.75 bits per heavy atom. The van der Waals surface area contributed by atoms with E-state index in [1.165, 1.54) is 10.9 Å². The Morgan fingerprint density at radius 2 is 2.05 bits per heavy atom. The van der Waals surface area contributed by atoms with Gasteiger partial charge in [-0.1, -0.05) is 17.3 Å². The largest absolute Gasteiger partial charge is 0.497 e. The minimum Gasteiger partial charge on any atom is -0.497 e. The van der Waals surface area contributed by atoms with Crippen molar-refractivity contribution in [2.75, 3.05) is 7.11 Å². The molecule has 1 aromatic carbocycles. The molecule has 3 aromatic rings. The standard InChI is InChI=1S/C14H13N3O3/c1-9-12-13(20-16-9)15-8-17(14(12)18)7-10-3-5-11(19-2)6-4-10/h3-6,8H,7H2,1-2H3. The summed E-state index contributed by atoms with van der Waals surface area (Å²) >= 11 is 0. The number of aryl methyl sites for hydroxylation is 1. The zero-order chi connectivity index (χ0) is 14.1. The minimum atomic E-state index is -0.149. The van der Waals surface area contributed by atoms with E-state index < -0.39 is 0 Å². The molecule has 0 saturated heterocycles. The second kappa shape index (κ2) is 4.80. The van der Waals surface area contributed by atoms with E-state index in [2.05, 4.69) is 10.1 Å². The zero-order valence-electron chi connectivity index (χ0n) is 11.2. The second-order valence-electron chi connectivity index (χ2n) is 4.47. The monoisotopic (exact) mass is 271 g/mol. The third-order valence-corrected chi connectivity index (χ3v) is 3.15. The van der Waals surface area contributed by atoms with Crippen molar-refractivity contribution in [2.24, 2.45) is 0 Å². The van der Waals surface area contributed by atoms with Crippen molar-refractivity contribution < 1.29 is 9.26 Å². The number of rotatable bonds is 3. The Balaban J connectivity index is 1.99. The van der Waals surface area contributed by atoms with Gasteiger partial charge in [0.15, 0.2) is 0 Å². The summed E-state index contributed by atoms with van der Waals surface area (Å²) in [6, 6.07) is 7.54. The van der Waals surface area contributed by atoms with Crippen LogP contribution in [0.4, 0.5) is 0 Å². The maximum atomic E-state index is 12.3. The maximum absolute atomic E-state index is 12.3. The van der Waals surface area contributed by atoms with Gasteiger partial charge in [0.2, 0.25) is 0 Å². The van der Waals surface area contributed by atoms with Crippen LogP contribution in [-0.2, 0) is 6.54 Å². The molecule has 0 aliphatic rings. The Kier molecular flexibility index (Phi) is 2.98. The van der Waals surface area contributed by atoms with Gasteiger partial charge in [-0.25, -0.2) is 4.98 Å². The summed E-state index contributed by atoms with van der Waals surface area (Å²) in [7, 11) is 1.62. The molecular weight excluding hydrogens is 258 g/mol. The number of methoxy groups -OCH3 is 1. The van der Waals surface area contributed by atoms with Crippen LogP contribution in [0.3, 0.4) is 0 Å². The molecule has 0 saturated carbocycles. The molecule has 0 unspecified atom stereocenters. The van der Waals surface area contributed by atoms with Gasteiger partial charge in [-0.3, -0.25) is 9.36 Å². The molecule has 6 nitrogen and oxygen atoms in total. The summed E-state index contributed by atoms with van der Waals surface area (Å²) in [5.74, 6) is 0.782. The van der Waals surface area contributed by atoms with Gasteiger partial charge in [-0.15, -0.1) is 0 Å². The number of aromatic nitrogens is 3. The number of ether oxygens (including phenoxy) is 1. The molecule has 0 aliphatic carbocycles. The molecule has 0 radical (unpaired) electrons. The van der Waals surface area contributed by atoms with E-state index in [1.54, 1.807) is 14.0 Å². The molecule has 20 heavy (non-hydrogen) atoms. The molecule has 0 spiro atoms. The van der Waals surface area contributed by atoms with Crippen molar-refractivity contribution in [1.29, 1.82) is 0 Å². The molecule has 0 atom stereocenters. The highest BCUT2D eigenvalue weighted by Gasteiger charge is 2.12. The number of hydrogen-bond donors (Lipinski definition) is 0. The lowest BCUT2D eigenvalue weighted by Crippen LogP contribution is -2.21. The molecule has 0 aliphatic heterocycles. The van der Waals surface area contributed by atoms with Gasteiger partial charge in [0.1, 0.15) is 17.5 Å². The number of fused-ring (bicyclic) bond motifs is 1. The molecule has 3 rings (SSSR count). The lowest BCUT2D eigenvalue weighted by Gasteiger charge is -2.06. The van der Waals surface area contributed by atoms with Crippen LogP contribution in [0.5, 0.6) is 5.75 Å². The highest BCUT2D eigenvalue weighted by molar-refractivity contribution is 5.73. The van der Waals surface area contributed by atoms with Gasteiger partial charge >= 0.3 is 0 Å². The highest BCUT2D eigenvalue weighted by Crippen LogP contribution is 2.13. The fraction of sp³-hybridized carbons (Fsp3) is 0.214. The number of hydrogen-bond acceptors (Lipinski definition) is 5. The van der Waals surface area contributed by atoms with Gasteiger partial charge in [0.05, 0.1) is 19.3 Å². The van der Waals surface area contributed by atoms with Gasteiger partial charge in [-0.05, 0) is 24.6 Å². The Labute approximate surface area is 114 Å². The van der Waals surface area contributed by atoms with E-state index in [4.69, 9.17) is 9.26 Å². The van der Waals surface area contributed by atoms with Crippen LogP contribution < -0.4 is 10.3 Å². The van der Waals surface area contributed by atoms with Crippen molar-refractivity contribution in [1.82, 2.24) is 14.7 Å². The van der Waals surface area contributed by atoms with E-state index >= 15 is 0 Å². The lowest BCUT2D eigenvalue weighted by molar-refractivity contribution is 0.414. The molecular formula is C14H13N3O3. The molecule has 0 bridgehead atoms. The maximum Gasteiger partial charge on any atom is 0.266 e. The van der Waals surface area contributed by atoms with Crippen LogP contribution >= 0.6 is 0 Å². The predicted molar refractivity (Wildman–Crippen MR) is 72.9 cm³/mol. The topological polar surface area (TPSA) is 70.2 Å². The Morgan fingerprint density at radius 1 is 1.30 bits per heavy atom. The van der Waals surface area contributed by atoms with Gasteiger partial charge in [0.25, 0.3) is 11.3 Å². The molecule has 0 amide bonds. The van der Waals surface area contributed by atoms with Crippen molar-refractivity contribution in [3.8, 4) is 5.75 Å². The van der Waals surface area contributed by atoms with E-state index in [0.717, 1.165) is 11.3 Å². The highest BCUT2D eigenvalue weighted by atomic mass is 16.5. The third kappa shape index (κ3) is 2.05. The van der Waals surface area contributed by atoms with Crippen LogP contribution in [0.2, 0.25) is 0 Å². The lowest BCUT2D eigenvalue weighted by atomic mass is 10.2. The number of nitrogens with zero attached hydrogens (tertiary/aromatic N) is 3. The fourth-order valence-electron chi connectivity index (χ4n) is 2.05. The summed E-state index contributed by atoms with van der Waals surface area (Å²) in [5.41, 5.74) is 1.67. The van der Waals surface area contributed by atoms with E-state index in [1.807, 2.05) is 24.3 Å². The molecule has 0 fully saturated rings. The SMILES string of the molecule is COc1ccc(Cn2cnc3onc(C)c3c2=O)cc1. The predicted octanol–water partition coefficient (Wildman–Crippen LogP) is 1.75. The van der Waals surface area contributed by atoms with Crippen molar-refractivity contribution in [2.45, 2.75) is 13.5 Å². The second-order valence-corrected chi connectivity index (χ2v) is 4.47. The summed E-state index contributed by atoms with van der Waals surface area (Å²) in [5, 5.41) is 4.19. The quantitative estimate of drug-likeness (QED) is 0.725.